The Morgan fingerprint density at radius 1 is 1.42 bits per heavy atom. The van der Waals surface area contributed by atoms with E-state index in [1.165, 1.54) is 12.1 Å². The van der Waals surface area contributed by atoms with Gasteiger partial charge in [-0.25, -0.2) is 0 Å². The van der Waals surface area contributed by atoms with E-state index >= 15 is 0 Å². The van der Waals surface area contributed by atoms with E-state index in [0.717, 1.165) is 6.42 Å². The van der Waals surface area contributed by atoms with Crippen LogP contribution in [0.2, 0.25) is 0 Å². The molecule has 1 rings (SSSR count). The van der Waals surface area contributed by atoms with Crippen molar-refractivity contribution in [3.63, 3.8) is 0 Å². The van der Waals surface area contributed by atoms with Gasteiger partial charge in [-0.1, -0.05) is 13.0 Å². The van der Waals surface area contributed by atoms with Crippen LogP contribution in [0, 0.1) is 0 Å². The summed E-state index contributed by atoms with van der Waals surface area (Å²) in [6.07, 6.45) is 1.05. The normalized spacial score (nSPS) is 12.1. The van der Waals surface area contributed by atoms with Crippen molar-refractivity contribution in [2.24, 2.45) is 0 Å². The quantitative estimate of drug-likeness (QED) is 0.252. The van der Waals surface area contributed by atoms with Crippen molar-refractivity contribution in [2.45, 2.75) is 25.8 Å². The van der Waals surface area contributed by atoms with Crippen molar-refractivity contribution < 1.29 is 25.6 Å². The first-order chi connectivity index (χ1) is 9.08. The molecule has 0 spiro atoms. The fourth-order valence-electron chi connectivity index (χ4n) is 1.55. The highest BCUT2D eigenvalue weighted by Gasteiger charge is 2.20. The number of phenolic OH excluding ortho intramolecular Hbond substituents is 2. The molecule has 0 fully saturated rings. The summed E-state index contributed by atoms with van der Waals surface area (Å²) in [7, 11) is 0. The Balaban J connectivity index is 2.71. The molecule has 0 aliphatic rings. The van der Waals surface area contributed by atoms with E-state index in [1.54, 1.807) is 6.07 Å². The molecule has 1 aromatic rings. The number of quaternary nitrogens is 1. The molecule has 0 bridgehead atoms. The molecule has 0 aromatic heterocycles. The number of hydrogen-bond donors (Lipinski definition) is 5. The number of benzene rings is 1. The van der Waals surface area contributed by atoms with Crippen LogP contribution in [-0.4, -0.2) is 28.8 Å². The first-order valence-electron chi connectivity index (χ1n) is 6.03. The van der Waals surface area contributed by atoms with Gasteiger partial charge in [0.1, 0.15) is 6.04 Å². The summed E-state index contributed by atoms with van der Waals surface area (Å²) in [6.45, 7) is 2.27. The molecule has 1 unspecified atom stereocenters. The van der Waals surface area contributed by atoms with Gasteiger partial charge in [0, 0.05) is 6.42 Å². The van der Waals surface area contributed by atoms with Crippen LogP contribution in [0.15, 0.2) is 18.2 Å². The number of nitrogens with one attached hydrogen (secondary N) is 2. The van der Waals surface area contributed by atoms with E-state index in [0.29, 0.717) is 18.6 Å². The molecular formula is C12H20N3O4+. The van der Waals surface area contributed by atoms with Crippen LogP contribution >= 0.6 is 0 Å². The van der Waals surface area contributed by atoms with E-state index in [1.807, 2.05) is 6.92 Å². The highest BCUT2D eigenvalue weighted by molar-refractivity contribution is 5.76. The van der Waals surface area contributed by atoms with E-state index in [-0.39, 0.29) is 11.5 Å². The van der Waals surface area contributed by atoms with E-state index in [2.05, 4.69) is 16.8 Å². The maximum Gasteiger partial charge on any atom is 0.325 e. The van der Waals surface area contributed by atoms with Crippen molar-refractivity contribution in [1.29, 1.82) is 0 Å². The van der Waals surface area contributed by atoms with Crippen molar-refractivity contribution >= 4 is 5.97 Å². The molecule has 19 heavy (non-hydrogen) atoms. The highest BCUT2D eigenvalue weighted by atomic mass is 16.5. The summed E-state index contributed by atoms with van der Waals surface area (Å²) in [5.74, 6) is 2.59. The lowest BCUT2D eigenvalue weighted by atomic mass is 10.1. The summed E-state index contributed by atoms with van der Waals surface area (Å²) in [5.41, 5.74) is 5.84. The monoisotopic (exact) mass is 270 g/mol. The van der Waals surface area contributed by atoms with Gasteiger partial charge >= 0.3 is 5.97 Å². The van der Waals surface area contributed by atoms with Gasteiger partial charge in [-0.2, -0.15) is 5.43 Å². The molecular weight excluding hydrogens is 250 g/mol. The van der Waals surface area contributed by atoms with Crippen molar-refractivity contribution in [1.82, 2.24) is 11.0 Å². The fraction of sp³-hybridized carbons (Fsp3) is 0.417. The van der Waals surface area contributed by atoms with Gasteiger partial charge in [0.2, 0.25) is 0 Å². The molecule has 0 amide bonds. The highest BCUT2D eigenvalue weighted by Crippen LogP contribution is 2.25. The van der Waals surface area contributed by atoms with Gasteiger partial charge in [0.25, 0.3) is 0 Å². The van der Waals surface area contributed by atoms with E-state index < -0.39 is 12.0 Å². The summed E-state index contributed by atoms with van der Waals surface area (Å²) >= 11 is 0. The number of phenols is 2. The summed E-state index contributed by atoms with van der Waals surface area (Å²) in [6, 6.07) is 3.78. The summed E-state index contributed by atoms with van der Waals surface area (Å²) < 4.78 is 5.05. The zero-order valence-corrected chi connectivity index (χ0v) is 10.8. The Kier molecular flexibility index (Phi) is 6.07. The molecule has 0 saturated carbocycles. The molecule has 106 valence electrons. The number of hydrogen-bond acceptors (Lipinski definition) is 6. The Hall–Kier alpha value is -1.83. The van der Waals surface area contributed by atoms with Crippen LogP contribution in [0.3, 0.4) is 0 Å². The predicted molar refractivity (Wildman–Crippen MR) is 67.7 cm³/mol. The van der Waals surface area contributed by atoms with Crippen LogP contribution in [0.25, 0.3) is 0 Å². The average Bonchev–Trinajstić information content (AvgIpc) is 2.39. The van der Waals surface area contributed by atoms with Crippen molar-refractivity contribution in [2.75, 3.05) is 6.61 Å². The van der Waals surface area contributed by atoms with E-state index in [9.17, 15) is 15.0 Å². The second kappa shape index (κ2) is 7.57. The maximum absolute atomic E-state index is 11.8. The third kappa shape index (κ3) is 4.74. The standard InChI is InChI=1S/C12H19N3O4/c1-2-5-19-12(18)9(14-15-13)6-8-3-4-10(16)11(17)7-8/h3-4,7,9,14-17H,2,5-6,13H2,1H3/p+1. The fourth-order valence-corrected chi connectivity index (χ4v) is 1.55. The molecule has 7 heteroatoms. The SMILES string of the molecule is CCCOC(=O)C(Cc1ccc(O)c(O)c1)NN[NH3+]. The Bertz CT molecular complexity index is 425. The molecule has 0 aliphatic heterocycles. The van der Waals surface area contributed by atoms with E-state index in [4.69, 9.17) is 4.74 Å². The Morgan fingerprint density at radius 3 is 2.74 bits per heavy atom. The maximum atomic E-state index is 11.8. The van der Waals surface area contributed by atoms with Gasteiger partial charge in [-0.15, -0.1) is 5.53 Å². The Labute approximate surface area is 111 Å². The van der Waals surface area contributed by atoms with Gasteiger partial charge in [0.05, 0.1) is 6.61 Å². The van der Waals surface area contributed by atoms with Crippen LogP contribution in [0.1, 0.15) is 18.9 Å². The zero-order chi connectivity index (χ0) is 14.3. The molecule has 7 N–H and O–H groups in total. The lowest BCUT2D eigenvalue weighted by Crippen LogP contribution is -2.73. The number of hydrazine groups is 1. The lowest BCUT2D eigenvalue weighted by molar-refractivity contribution is -0.458. The first kappa shape index (κ1) is 15.2. The summed E-state index contributed by atoms with van der Waals surface area (Å²) in [4.78, 5) is 11.8. The minimum Gasteiger partial charge on any atom is -0.504 e. The van der Waals surface area contributed by atoms with Crippen molar-refractivity contribution in [3.8, 4) is 11.5 Å². The minimum atomic E-state index is -0.618. The van der Waals surface area contributed by atoms with Crippen LogP contribution in [0.4, 0.5) is 0 Å². The predicted octanol–water partition coefficient (Wildman–Crippen LogP) is -0.787. The molecule has 0 radical (unpaired) electrons. The largest absolute Gasteiger partial charge is 0.504 e. The summed E-state index contributed by atoms with van der Waals surface area (Å²) in [5, 5.41) is 18.6. The molecule has 7 nitrogen and oxygen atoms in total. The molecule has 0 aliphatic carbocycles. The number of aromatic hydroxyl groups is 2. The smallest absolute Gasteiger partial charge is 0.325 e. The van der Waals surface area contributed by atoms with Crippen molar-refractivity contribution in [3.05, 3.63) is 23.8 Å². The Morgan fingerprint density at radius 2 is 2.16 bits per heavy atom. The zero-order valence-electron chi connectivity index (χ0n) is 10.8. The van der Waals surface area contributed by atoms with Gasteiger partial charge in [-0.05, 0) is 24.1 Å². The number of rotatable bonds is 7. The third-order valence-electron chi connectivity index (χ3n) is 2.49. The number of esters is 1. The first-order valence-corrected chi connectivity index (χ1v) is 6.03. The number of ether oxygens (including phenoxy) is 1. The van der Waals surface area contributed by atoms with Crippen LogP contribution in [-0.2, 0) is 16.0 Å². The lowest BCUT2D eigenvalue weighted by Gasteiger charge is -2.15. The van der Waals surface area contributed by atoms with Crippen LogP contribution < -0.4 is 16.8 Å². The molecule has 0 saturated heterocycles. The third-order valence-corrected chi connectivity index (χ3v) is 2.49. The topological polar surface area (TPSA) is 118 Å². The molecule has 0 heterocycles. The van der Waals surface area contributed by atoms with Gasteiger partial charge in [0.15, 0.2) is 11.5 Å². The second-order valence-electron chi connectivity index (χ2n) is 4.07. The number of carbonyl (C=O) groups is 1. The van der Waals surface area contributed by atoms with Gasteiger partial charge < -0.3 is 14.9 Å². The minimum absolute atomic E-state index is 0.197. The molecule has 1 aromatic carbocycles. The average molecular weight is 270 g/mol. The second-order valence-corrected chi connectivity index (χ2v) is 4.07. The van der Waals surface area contributed by atoms with Crippen LogP contribution in [0.5, 0.6) is 11.5 Å². The molecule has 1 atom stereocenters. The van der Waals surface area contributed by atoms with Gasteiger partial charge in [-0.3, -0.25) is 10.6 Å². The number of carbonyl (C=O) groups excluding carboxylic acids is 1.